The van der Waals surface area contributed by atoms with Gasteiger partial charge in [0.1, 0.15) is 0 Å². The van der Waals surface area contributed by atoms with Gasteiger partial charge in [-0.05, 0) is 31.7 Å². The fourth-order valence-corrected chi connectivity index (χ4v) is 3.52. The molecule has 7 nitrogen and oxygen atoms in total. The highest BCUT2D eigenvalue weighted by molar-refractivity contribution is 7.88. The molecule has 1 aromatic heterocycles. The van der Waals surface area contributed by atoms with Gasteiger partial charge in [0.2, 0.25) is 10.0 Å². The lowest BCUT2D eigenvalue weighted by Gasteiger charge is -2.37. The lowest BCUT2D eigenvalue weighted by Crippen LogP contribution is -2.56. The SMILES string of the molecule is CS(=O)(=O)NC1CC(NC(=O)N(Cc2ccoc2)C2CC2)C1. The topological polar surface area (TPSA) is 91.7 Å². The second-order valence-corrected chi connectivity index (χ2v) is 7.98. The smallest absolute Gasteiger partial charge is 0.318 e. The van der Waals surface area contributed by atoms with Crippen molar-refractivity contribution in [1.29, 1.82) is 0 Å². The summed E-state index contributed by atoms with van der Waals surface area (Å²) in [5.41, 5.74) is 0.979. The Morgan fingerprint density at radius 3 is 2.64 bits per heavy atom. The van der Waals surface area contributed by atoms with E-state index in [1.54, 1.807) is 12.5 Å². The number of rotatable bonds is 6. The van der Waals surface area contributed by atoms with Crippen molar-refractivity contribution in [1.82, 2.24) is 14.9 Å². The van der Waals surface area contributed by atoms with Gasteiger partial charge in [-0.2, -0.15) is 0 Å². The van der Waals surface area contributed by atoms with Crippen LogP contribution in [0, 0.1) is 0 Å². The van der Waals surface area contributed by atoms with E-state index in [0.29, 0.717) is 25.4 Å². The predicted octanol–water partition coefficient (Wildman–Crippen LogP) is 1.03. The molecular formula is C14H21N3O4S. The third kappa shape index (κ3) is 4.01. The molecular weight excluding hydrogens is 306 g/mol. The van der Waals surface area contributed by atoms with Gasteiger partial charge in [0.25, 0.3) is 0 Å². The summed E-state index contributed by atoms with van der Waals surface area (Å²) in [5, 5.41) is 2.99. The molecule has 1 aromatic rings. The van der Waals surface area contributed by atoms with Crippen LogP contribution in [-0.4, -0.2) is 43.7 Å². The van der Waals surface area contributed by atoms with Gasteiger partial charge in [0.15, 0.2) is 0 Å². The zero-order valence-electron chi connectivity index (χ0n) is 12.5. The first kappa shape index (κ1) is 15.4. The molecule has 2 aliphatic rings. The third-order valence-electron chi connectivity index (χ3n) is 4.03. The van der Waals surface area contributed by atoms with Crippen molar-refractivity contribution < 1.29 is 17.6 Å². The molecule has 8 heteroatoms. The first-order valence-electron chi connectivity index (χ1n) is 7.46. The monoisotopic (exact) mass is 327 g/mol. The van der Waals surface area contributed by atoms with Gasteiger partial charge in [-0.1, -0.05) is 0 Å². The van der Waals surface area contributed by atoms with E-state index >= 15 is 0 Å². The van der Waals surface area contributed by atoms with Crippen LogP contribution in [0.3, 0.4) is 0 Å². The standard InChI is InChI=1S/C14H21N3O4S/c1-22(19,20)16-12-6-11(7-12)15-14(18)17(13-2-3-13)8-10-4-5-21-9-10/h4-5,9,11-13,16H,2-3,6-8H2,1H3,(H,15,18). The van der Waals surface area contributed by atoms with Gasteiger partial charge in [-0.3, -0.25) is 0 Å². The normalized spacial score (nSPS) is 24.6. The molecule has 0 aromatic carbocycles. The molecule has 0 bridgehead atoms. The first-order chi connectivity index (χ1) is 10.4. The molecule has 0 unspecified atom stereocenters. The van der Waals surface area contributed by atoms with Gasteiger partial charge in [0, 0.05) is 23.7 Å². The molecule has 2 aliphatic carbocycles. The van der Waals surface area contributed by atoms with Crippen molar-refractivity contribution in [2.45, 2.75) is 50.4 Å². The number of hydrogen-bond acceptors (Lipinski definition) is 4. The molecule has 0 atom stereocenters. The van der Waals surface area contributed by atoms with Crippen molar-refractivity contribution in [2.24, 2.45) is 0 Å². The van der Waals surface area contributed by atoms with Crippen LogP contribution in [0.15, 0.2) is 23.0 Å². The van der Waals surface area contributed by atoms with Gasteiger partial charge >= 0.3 is 6.03 Å². The summed E-state index contributed by atoms with van der Waals surface area (Å²) >= 11 is 0. The minimum atomic E-state index is -3.17. The van der Waals surface area contributed by atoms with Crippen molar-refractivity contribution in [3.8, 4) is 0 Å². The molecule has 3 rings (SSSR count). The molecule has 2 fully saturated rings. The first-order valence-corrected chi connectivity index (χ1v) is 9.35. The summed E-state index contributed by atoms with van der Waals surface area (Å²) in [6.45, 7) is 0.546. The molecule has 22 heavy (non-hydrogen) atoms. The van der Waals surface area contributed by atoms with Gasteiger partial charge < -0.3 is 14.6 Å². The maximum atomic E-state index is 12.4. The summed E-state index contributed by atoms with van der Waals surface area (Å²) < 4.78 is 29.9. The zero-order chi connectivity index (χ0) is 15.7. The number of carbonyl (C=O) groups excluding carboxylic acids is 1. The summed E-state index contributed by atoms with van der Waals surface area (Å²) in [4.78, 5) is 14.2. The van der Waals surface area contributed by atoms with Gasteiger partial charge in [-0.25, -0.2) is 17.9 Å². The molecule has 122 valence electrons. The van der Waals surface area contributed by atoms with Crippen molar-refractivity contribution >= 4 is 16.1 Å². The molecule has 0 aliphatic heterocycles. The van der Waals surface area contributed by atoms with Crippen LogP contribution < -0.4 is 10.0 Å². The number of nitrogens with zero attached hydrogens (tertiary/aromatic N) is 1. The fourth-order valence-electron chi connectivity index (χ4n) is 2.72. The number of amides is 2. The number of hydrogen-bond donors (Lipinski definition) is 2. The molecule has 0 saturated heterocycles. The maximum absolute atomic E-state index is 12.4. The Labute approximate surface area is 130 Å². The van der Waals surface area contributed by atoms with Crippen LogP contribution in [0.25, 0.3) is 0 Å². The Morgan fingerprint density at radius 2 is 2.09 bits per heavy atom. The Kier molecular flexibility index (Phi) is 4.14. The largest absolute Gasteiger partial charge is 0.472 e. The fraction of sp³-hybridized carbons (Fsp3) is 0.643. The van der Waals surface area contributed by atoms with Crippen LogP contribution in [-0.2, 0) is 16.6 Å². The molecule has 2 saturated carbocycles. The Hall–Kier alpha value is -1.54. The number of furan rings is 1. The van der Waals surface area contributed by atoms with Crippen molar-refractivity contribution in [3.05, 3.63) is 24.2 Å². The van der Waals surface area contributed by atoms with E-state index < -0.39 is 10.0 Å². The number of sulfonamides is 1. The average molecular weight is 327 g/mol. The number of urea groups is 1. The highest BCUT2D eigenvalue weighted by Crippen LogP contribution is 2.29. The second kappa shape index (κ2) is 5.92. The van der Waals surface area contributed by atoms with E-state index in [0.717, 1.165) is 24.7 Å². The second-order valence-electron chi connectivity index (χ2n) is 6.20. The van der Waals surface area contributed by atoms with Crippen molar-refractivity contribution in [2.75, 3.05) is 6.26 Å². The van der Waals surface area contributed by atoms with E-state index in [2.05, 4.69) is 10.0 Å². The summed E-state index contributed by atoms with van der Waals surface area (Å²) in [7, 11) is -3.17. The van der Waals surface area contributed by atoms with Crippen LogP contribution >= 0.6 is 0 Å². The van der Waals surface area contributed by atoms with E-state index in [9.17, 15) is 13.2 Å². The van der Waals surface area contributed by atoms with Gasteiger partial charge in [-0.15, -0.1) is 0 Å². The average Bonchev–Trinajstić information content (AvgIpc) is 3.08. The molecule has 0 spiro atoms. The van der Waals surface area contributed by atoms with E-state index in [1.807, 2.05) is 11.0 Å². The van der Waals surface area contributed by atoms with Crippen LogP contribution in [0.1, 0.15) is 31.2 Å². The Morgan fingerprint density at radius 1 is 1.36 bits per heavy atom. The lowest BCUT2D eigenvalue weighted by atomic mass is 9.88. The highest BCUT2D eigenvalue weighted by atomic mass is 32.2. The van der Waals surface area contributed by atoms with Crippen molar-refractivity contribution in [3.63, 3.8) is 0 Å². The lowest BCUT2D eigenvalue weighted by molar-refractivity contribution is 0.175. The van der Waals surface area contributed by atoms with E-state index in [-0.39, 0.29) is 18.1 Å². The molecule has 2 N–H and O–H groups in total. The Balaban J connectivity index is 1.48. The predicted molar refractivity (Wildman–Crippen MR) is 80.6 cm³/mol. The maximum Gasteiger partial charge on any atom is 0.318 e. The summed E-state index contributed by atoms with van der Waals surface area (Å²) in [6.07, 6.45) is 7.76. The molecule has 0 radical (unpaired) electrons. The minimum Gasteiger partial charge on any atom is -0.472 e. The zero-order valence-corrected chi connectivity index (χ0v) is 13.3. The van der Waals surface area contributed by atoms with Gasteiger partial charge in [0.05, 0.1) is 25.3 Å². The molecule has 1 heterocycles. The summed E-state index contributed by atoms with van der Waals surface area (Å²) in [5.74, 6) is 0. The quantitative estimate of drug-likeness (QED) is 0.816. The van der Waals surface area contributed by atoms with E-state index in [4.69, 9.17) is 4.42 Å². The van der Waals surface area contributed by atoms with Crippen LogP contribution in [0.5, 0.6) is 0 Å². The molecule has 2 amide bonds. The van der Waals surface area contributed by atoms with Crippen LogP contribution in [0.2, 0.25) is 0 Å². The highest BCUT2D eigenvalue weighted by Gasteiger charge is 2.37. The summed E-state index contributed by atoms with van der Waals surface area (Å²) in [6, 6.07) is 2.06. The van der Waals surface area contributed by atoms with E-state index in [1.165, 1.54) is 0 Å². The number of carbonyl (C=O) groups is 1. The Bertz CT molecular complexity index is 619. The van der Waals surface area contributed by atoms with Crippen LogP contribution in [0.4, 0.5) is 4.79 Å². The third-order valence-corrected chi connectivity index (χ3v) is 4.79. The minimum absolute atomic E-state index is 0.0392. The number of nitrogens with one attached hydrogen (secondary N) is 2.